The molecule has 2 aliphatic rings. The third kappa shape index (κ3) is 4.33. The van der Waals surface area contributed by atoms with Gasteiger partial charge < -0.3 is 20.3 Å². The molecule has 0 amide bonds. The van der Waals surface area contributed by atoms with Crippen LogP contribution in [0.3, 0.4) is 0 Å². The predicted molar refractivity (Wildman–Crippen MR) is 113 cm³/mol. The number of aromatic nitrogens is 1. The van der Waals surface area contributed by atoms with Gasteiger partial charge in [0.15, 0.2) is 4.47 Å². The molecule has 0 atom stereocenters. The van der Waals surface area contributed by atoms with Crippen LogP contribution in [0.1, 0.15) is 30.6 Å². The van der Waals surface area contributed by atoms with Crippen molar-refractivity contribution >= 4 is 34.3 Å². The Kier molecular flexibility index (Phi) is 5.76. The molecule has 2 saturated heterocycles. The zero-order chi connectivity index (χ0) is 18.7. The first-order chi connectivity index (χ1) is 13.2. The van der Waals surface area contributed by atoms with Gasteiger partial charge in [-0.1, -0.05) is 11.6 Å². The number of ether oxygens (including phenoxy) is 1. The first kappa shape index (κ1) is 18.8. The molecule has 1 spiro atoms. The van der Waals surface area contributed by atoms with Crippen LogP contribution in [-0.4, -0.2) is 38.3 Å². The van der Waals surface area contributed by atoms with Crippen molar-refractivity contribution in [1.82, 2.24) is 10.3 Å². The molecule has 0 radical (unpaired) electrons. The maximum absolute atomic E-state index is 5.91. The van der Waals surface area contributed by atoms with Gasteiger partial charge in [-0.2, -0.15) is 0 Å². The highest BCUT2D eigenvalue weighted by atomic mass is 35.5. The fourth-order valence-electron chi connectivity index (χ4n) is 4.27. The quantitative estimate of drug-likeness (QED) is 0.771. The van der Waals surface area contributed by atoms with Crippen molar-refractivity contribution < 1.29 is 4.74 Å². The van der Waals surface area contributed by atoms with Gasteiger partial charge in [0, 0.05) is 35.9 Å². The second-order valence-corrected chi connectivity index (χ2v) is 9.25. The minimum atomic E-state index is 0.573. The summed E-state index contributed by atoms with van der Waals surface area (Å²) < 4.78 is 6.22. The van der Waals surface area contributed by atoms with E-state index in [0.717, 1.165) is 29.4 Å². The zero-order valence-corrected chi connectivity index (χ0v) is 17.3. The normalized spacial score (nSPS) is 19.3. The fourth-order valence-corrected chi connectivity index (χ4v) is 5.18. The summed E-state index contributed by atoms with van der Waals surface area (Å²) in [5, 5.41) is 6.93. The van der Waals surface area contributed by atoms with Crippen molar-refractivity contribution in [3.63, 3.8) is 0 Å². The smallest absolute Gasteiger partial charge is 0.183 e. The molecule has 3 heterocycles. The van der Waals surface area contributed by atoms with Gasteiger partial charge in [0.25, 0.3) is 0 Å². The molecular formula is C20H27ClN4OS. The molecular weight excluding hydrogens is 380 g/mol. The monoisotopic (exact) mass is 406 g/mol. The van der Waals surface area contributed by atoms with Gasteiger partial charge >= 0.3 is 0 Å². The topological polar surface area (TPSA) is 49.4 Å². The second-order valence-electron chi connectivity index (χ2n) is 7.55. The van der Waals surface area contributed by atoms with E-state index in [-0.39, 0.29) is 0 Å². The number of anilines is 2. The van der Waals surface area contributed by atoms with E-state index in [4.69, 9.17) is 16.3 Å². The van der Waals surface area contributed by atoms with Crippen LogP contribution < -0.4 is 20.3 Å². The molecule has 2 fully saturated rings. The molecule has 0 bridgehead atoms. The van der Waals surface area contributed by atoms with E-state index in [2.05, 4.69) is 38.7 Å². The summed E-state index contributed by atoms with van der Waals surface area (Å²) in [4.78, 5) is 7.69. The Labute approximate surface area is 170 Å². The summed E-state index contributed by atoms with van der Waals surface area (Å²) in [5.41, 5.74) is 2.82. The minimum absolute atomic E-state index is 0.573. The van der Waals surface area contributed by atoms with E-state index in [1.54, 1.807) is 7.11 Å². The van der Waals surface area contributed by atoms with E-state index < -0.39 is 0 Å². The largest absolute Gasteiger partial charge is 0.495 e. The molecule has 2 N–H and O–H groups in total. The van der Waals surface area contributed by atoms with Gasteiger partial charge in [0.2, 0.25) is 0 Å². The van der Waals surface area contributed by atoms with Gasteiger partial charge in [-0.05, 0) is 56.3 Å². The zero-order valence-electron chi connectivity index (χ0n) is 15.8. The average molecular weight is 407 g/mol. The number of piperidine rings is 2. The van der Waals surface area contributed by atoms with E-state index >= 15 is 0 Å². The van der Waals surface area contributed by atoms with Crippen molar-refractivity contribution in [2.24, 2.45) is 5.41 Å². The molecule has 4 rings (SSSR count). The lowest BCUT2D eigenvalue weighted by atomic mass is 9.71. The van der Waals surface area contributed by atoms with E-state index in [9.17, 15) is 0 Å². The standard InChI is InChI=1S/C20H27ClN4OS/c1-26-18-12-15(2-3-17(18)23-13-16-14-24-19(21)27-16)25-10-6-20(7-11-25)4-8-22-9-5-20/h2-3,12,14,22-23H,4-11,13H2,1H3. The summed E-state index contributed by atoms with van der Waals surface area (Å²) >= 11 is 7.40. The van der Waals surface area contributed by atoms with Crippen LogP contribution in [0.25, 0.3) is 0 Å². The van der Waals surface area contributed by atoms with Gasteiger partial charge in [-0.15, -0.1) is 11.3 Å². The molecule has 0 aliphatic carbocycles. The van der Waals surface area contributed by atoms with Crippen LogP contribution >= 0.6 is 22.9 Å². The Morgan fingerprint density at radius 1 is 1.26 bits per heavy atom. The van der Waals surface area contributed by atoms with Crippen LogP contribution in [0.2, 0.25) is 4.47 Å². The lowest BCUT2D eigenvalue weighted by molar-refractivity contribution is 0.155. The highest BCUT2D eigenvalue weighted by Crippen LogP contribution is 2.41. The third-order valence-electron chi connectivity index (χ3n) is 6.02. The predicted octanol–water partition coefficient (Wildman–Crippen LogP) is 4.39. The van der Waals surface area contributed by atoms with Crippen molar-refractivity contribution in [3.05, 3.63) is 33.7 Å². The Morgan fingerprint density at radius 2 is 2.04 bits per heavy atom. The Hall–Kier alpha value is -1.50. The Morgan fingerprint density at radius 3 is 2.70 bits per heavy atom. The fraction of sp³-hybridized carbons (Fsp3) is 0.550. The van der Waals surface area contributed by atoms with Gasteiger partial charge in [0.05, 0.1) is 19.3 Å². The number of rotatable bonds is 5. The van der Waals surface area contributed by atoms with Crippen LogP contribution in [-0.2, 0) is 6.54 Å². The minimum Gasteiger partial charge on any atom is -0.495 e. The van der Waals surface area contributed by atoms with Gasteiger partial charge in [-0.3, -0.25) is 0 Å². The number of hydrogen-bond donors (Lipinski definition) is 2. The first-order valence-electron chi connectivity index (χ1n) is 9.65. The maximum atomic E-state index is 5.91. The number of benzene rings is 1. The molecule has 7 heteroatoms. The summed E-state index contributed by atoms with van der Waals surface area (Å²) in [6.07, 6.45) is 7.06. The van der Waals surface area contributed by atoms with Crippen LogP contribution in [0.5, 0.6) is 5.75 Å². The van der Waals surface area contributed by atoms with Crippen molar-refractivity contribution in [3.8, 4) is 5.75 Å². The molecule has 2 aliphatic heterocycles. The van der Waals surface area contributed by atoms with Crippen LogP contribution in [0, 0.1) is 5.41 Å². The number of nitrogens with zero attached hydrogens (tertiary/aromatic N) is 2. The second kappa shape index (κ2) is 8.25. The molecule has 0 unspecified atom stereocenters. The third-order valence-corrected chi connectivity index (χ3v) is 7.13. The lowest BCUT2D eigenvalue weighted by Crippen LogP contribution is -2.45. The Balaban J connectivity index is 1.40. The average Bonchev–Trinajstić information content (AvgIpc) is 3.13. The van der Waals surface area contributed by atoms with Gasteiger partial charge in [-0.25, -0.2) is 4.98 Å². The first-order valence-corrected chi connectivity index (χ1v) is 10.8. The number of methoxy groups -OCH3 is 1. The summed E-state index contributed by atoms with van der Waals surface area (Å²) in [6.45, 7) is 5.32. The molecule has 5 nitrogen and oxygen atoms in total. The molecule has 146 valence electrons. The number of nitrogens with one attached hydrogen (secondary N) is 2. The Bertz CT molecular complexity index is 765. The molecule has 1 aromatic heterocycles. The SMILES string of the molecule is COc1cc(N2CCC3(CCNCC3)CC2)ccc1NCc1cnc(Cl)s1. The van der Waals surface area contributed by atoms with Gasteiger partial charge in [0.1, 0.15) is 5.75 Å². The van der Waals surface area contributed by atoms with Crippen molar-refractivity contribution in [1.29, 1.82) is 0 Å². The van der Waals surface area contributed by atoms with Crippen LogP contribution in [0.15, 0.2) is 24.4 Å². The van der Waals surface area contributed by atoms with Crippen molar-refractivity contribution in [2.45, 2.75) is 32.2 Å². The number of hydrogen-bond acceptors (Lipinski definition) is 6. The lowest BCUT2D eigenvalue weighted by Gasteiger charge is -2.45. The molecule has 0 saturated carbocycles. The summed E-state index contributed by atoms with van der Waals surface area (Å²) in [7, 11) is 1.73. The molecule has 2 aromatic rings. The van der Waals surface area contributed by atoms with E-state index in [1.165, 1.54) is 55.8 Å². The summed E-state index contributed by atoms with van der Waals surface area (Å²) in [6, 6.07) is 6.47. The summed E-state index contributed by atoms with van der Waals surface area (Å²) in [5.74, 6) is 0.880. The van der Waals surface area contributed by atoms with E-state index in [0.29, 0.717) is 16.4 Å². The molecule has 27 heavy (non-hydrogen) atoms. The number of thiazole rings is 1. The molecule has 1 aromatic carbocycles. The number of halogens is 1. The highest BCUT2D eigenvalue weighted by Gasteiger charge is 2.35. The highest BCUT2D eigenvalue weighted by molar-refractivity contribution is 7.15. The maximum Gasteiger partial charge on any atom is 0.183 e. The van der Waals surface area contributed by atoms with Crippen LogP contribution in [0.4, 0.5) is 11.4 Å². The van der Waals surface area contributed by atoms with E-state index in [1.807, 2.05) is 6.20 Å². The van der Waals surface area contributed by atoms with Crippen molar-refractivity contribution in [2.75, 3.05) is 43.5 Å².